The van der Waals surface area contributed by atoms with E-state index in [9.17, 15) is 9.59 Å². The highest BCUT2D eigenvalue weighted by Gasteiger charge is 2.22. The van der Waals surface area contributed by atoms with Crippen LogP contribution in [0.25, 0.3) is 0 Å². The number of likely N-dealkylation sites (tertiary alicyclic amines) is 1. The molecule has 1 atom stereocenters. The molecular weight excluding hydrogens is 256 g/mol. The van der Waals surface area contributed by atoms with E-state index in [2.05, 4.69) is 10.3 Å². The highest BCUT2D eigenvalue weighted by Crippen LogP contribution is 2.14. The fourth-order valence-corrected chi connectivity index (χ4v) is 2.16. The highest BCUT2D eigenvalue weighted by atomic mass is 16.2. The summed E-state index contributed by atoms with van der Waals surface area (Å²) >= 11 is 0. The van der Waals surface area contributed by atoms with E-state index in [-0.39, 0.29) is 11.9 Å². The van der Waals surface area contributed by atoms with Crippen LogP contribution in [0.2, 0.25) is 0 Å². The number of amides is 2. The molecule has 1 aliphatic heterocycles. The normalized spacial score (nSPS) is 18.9. The second-order valence-corrected chi connectivity index (χ2v) is 4.86. The molecule has 0 radical (unpaired) electrons. The minimum atomic E-state index is -0.136. The molecule has 0 aliphatic carbocycles. The third-order valence-corrected chi connectivity index (χ3v) is 3.14. The Morgan fingerprint density at radius 1 is 1.45 bits per heavy atom. The Balaban J connectivity index is 1.96. The molecule has 0 saturated carbocycles. The predicted molar refractivity (Wildman–Crippen MR) is 76.9 cm³/mol. The van der Waals surface area contributed by atoms with Crippen LogP contribution in [0.4, 0.5) is 5.69 Å². The molecule has 1 unspecified atom stereocenters. The largest absolute Gasteiger partial charge is 0.387 e. The lowest BCUT2D eigenvalue weighted by atomic mass is 10.1. The molecule has 6 heteroatoms. The lowest BCUT2D eigenvalue weighted by Gasteiger charge is -2.12. The third-order valence-electron chi connectivity index (χ3n) is 3.14. The smallest absolute Gasteiger partial charge is 0.251 e. The summed E-state index contributed by atoms with van der Waals surface area (Å²) in [4.78, 5) is 28.4. The van der Waals surface area contributed by atoms with Crippen LogP contribution < -0.4 is 11.1 Å². The number of rotatable bonds is 4. The van der Waals surface area contributed by atoms with Crippen LogP contribution in [-0.2, 0) is 4.79 Å². The molecule has 0 aromatic heterocycles. The van der Waals surface area contributed by atoms with Gasteiger partial charge >= 0.3 is 0 Å². The average molecular weight is 274 g/mol. The van der Waals surface area contributed by atoms with Crippen molar-refractivity contribution in [1.82, 2.24) is 10.2 Å². The van der Waals surface area contributed by atoms with Gasteiger partial charge in [0.15, 0.2) is 0 Å². The van der Waals surface area contributed by atoms with Crippen LogP contribution in [0, 0.1) is 0 Å². The summed E-state index contributed by atoms with van der Waals surface area (Å²) in [5, 5.41) is 2.92. The molecule has 2 amide bonds. The molecule has 0 spiro atoms. The molecule has 1 aromatic rings. The Hall–Kier alpha value is -2.37. The van der Waals surface area contributed by atoms with Crippen LogP contribution in [0.3, 0.4) is 0 Å². The van der Waals surface area contributed by atoms with Crippen molar-refractivity contribution in [2.24, 2.45) is 10.7 Å². The van der Waals surface area contributed by atoms with E-state index in [0.29, 0.717) is 24.5 Å². The minimum absolute atomic E-state index is 0.0247. The van der Waals surface area contributed by atoms with Gasteiger partial charge in [-0.3, -0.25) is 9.59 Å². The zero-order valence-corrected chi connectivity index (χ0v) is 11.4. The van der Waals surface area contributed by atoms with E-state index in [4.69, 9.17) is 5.73 Å². The molecule has 3 N–H and O–H groups in total. The molecule has 0 bridgehead atoms. The highest BCUT2D eigenvalue weighted by molar-refractivity contribution is 5.94. The second kappa shape index (κ2) is 6.18. The van der Waals surface area contributed by atoms with Gasteiger partial charge in [-0.2, -0.15) is 0 Å². The molecule has 1 heterocycles. The summed E-state index contributed by atoms with van der Waals surface area (Å²) in [5.74, 6) is 0.338. The molecule has 6 nitrogen and oxygen atoms in total. The fourth-order valence-electron chi connectivity index (χ4n) is 2.16. The van der Waals surface area contributed by atoms with Gasteiger partial charge in [0.1, 0.15) is 0 Å². The quantitative estimate of drug-likeness (QED) is 0.480. The molecular formula is C14H18N4O2. The van der Waals surface area contributed by atoms with Crippen LogP contribution in [0.15, 0.2) is 29.3 Å². The number of hydrogen-bond acceptors (Lipinski definition) is 3. The number of nitrogens with two attached hydrogens (primary N) is 1. The summed E-state index contributed by atoms with van der Waals surface area (Å²) < 4.78 is 0. The van der Waals surface area contributed by atoms with E-state index in [1.807, 2.05) is 0 Å². The van der Waals surface area contributed by atoms with Crippen molar-refractivity contribution in [3.8, 4) is 0 Å². The van der Waals surface area contributed by atoms with Crippen molar-refractivity contribution >= 4 is 23.8 Å². The maximum Gasteiger partial charge on any atom is 0.251 e. The van der Waals surface area contributed by atoms with Gasteiger partial charge in [-0.25, -0.2) is 4.99 Å². The number of aliphatic imine (C=N–C) groups is 1. The maximum atomic E-state index is 12.1. The Labute approximate surface area is 117 Å². The molecule has 2 rings (SSSR count). The monoisotopic (exact) mass is 274 g/mol. The van der Waals surface area contributed by atoms with Crippen molar-refractivity contribution in [3.63, 3.8) is 0 Å². The topological polar surface area (TPSA) is 87.8 Å². The number of nitrogens with zero attached hydrogens (tertiary/aromatic N) is 2. The van der Waals surface area contributed by atoms with Crippen molar-refractivity contribution in [3.05, 3.63) is 29.8 Å². The SMILES string of the molecule is CC(N)=Nc1ccc(C(=O)NC2CCN(C=O)C2)cc1. The standard InChI is InChI=1S/C14H18N4O2/c1-10(15)16-12-4-2-11(3-5-12)14(20)17-13-6-7-18(8-13)9-19/h2-5,9,13H,6-8H2,1H3,(H2,15,16)(H,17,20). The molecule has 1 fully saturated rings. The Bertz CT molecular complexity index is 520. The number of hydrogen-bond donors (Lipinski definition) is 2. The number of carbonyl (C=O) groups is 2. The lowest BCUT2D eigenvalue weighted by molar-refractivity contribution is -0.117. The van der Waals surface area contributed by atoms with Crippen molar-refractivity contribution < 1.29 is 9.59 Å². The summed E-state index contributed by atoms with van der Waals surface area (Å²) in [7, 11) is 0. The zero-order valence-electron chi connectivity index (χ0n) is 11.4. The third kappa shape index (κ3) is 3.57. The van der Waals surface area contributed by atoms with Gasteiger partial charge in [0.25, 0.3) is 5.91 Å². The van der Waals surface area contributed by atoms with Crippen molar-refractivity contribution in [1.29, 1.82) is 0 Å². The first-order valence-corrected chi connectivity index (χ1v) is 6.49. The van der Waals surface area contributed by atoms with E-state index in [1.165, 1.54) is 0 Å². The number of amidine groups is 1. The Morgan fingerprint density at radius 2 is 2.15 bits per heavy atom. The average Bonchev–Trinajstić information content (AvgIpc) is 2.86. The summed E-state index contributed by atoms with van der Waals surface area (Å²) in [6.45, 7) is 2.97. The number of nitrogens with one attached hydrogen (secondary N) is 1. The summed E-state index contributed by atoms with van der Waals surface area (Å²) in [6, 6.07) is 6.94. The molecule has 106 valence electrons. The molecule has 1 aromatic carbocycles. The van der Waals surface area contributed by atoms with Gasteiger partial charge in [0.2, 0.25) is 6.41 Å². The van der Waals surface area contributed by atoms with E-state index in [1.54, 1.807) is 36.1 Å². The van der Waals surface area contributed by atoms with Gasteiger partial charge in [0, 0.05) is 24.7 Å². The minimum Gasteiger partial charge on any atom is -0.387 e. The van der Waals surface area contributed by atoms with E-state index < -0.39 is 0 Å². The zero-order chi connectivity index (χ0) is 14.5. The van der Waals surface area contributed by atoms with Crippen LogP contribution in [0.1, 0.15) is 23.7 Å². The second-order valence-electron chi connectivity index (χ2n) is 4.86. The number of benzene rings is 1. The first kappa shape index (κ1) is 14.0. The van der Waals surface area contributed by atoms with E-state index in [0.717, 1.165) is 18.5 Å². The van der Waals surface area contributed by atoms with E-state index >= 15 is 0 Å². The van der Waals surface area contributed by atoms with Gasteiger partial charge < -0.3 is 16.0 Å². The molecule has 1 saturated heterocycles. The van der Waals surface area contributed by atoms with Crippen molar-refractivity contribution in [2.75, 3.05) is 13.1 Å². The van der Waals surface area contributed by atoms with Gasteiger partial charge in [-0.05, 0) is 37.6 Å². The van der Waals surface area contributed by atoms with Gasteiger partial charge in [-0.15, -0.1) is 0 Å². The Kier molecular flexibility index (Phi) is 4.34. The first-order chi connectivity index (χ1) is 9.58. The number of carbonyl (C=O) groups excluding carboxylic acids is 2. The lowest BCUT2D eigenvalue weighted by Crippen LogP contribution is -2.36. The van der Waals surface area contributed by atoms with Gasteiger partial charge in [0.05, 0.1) is 11.5 Å². The van der Waals surface area contributed by atoms with Crippen LogP contribution >= 0.6 is 0 Å². The van der Waals surface area contributed by atoms with Crippen molar-refractivity contribution in [2.45, 2.75) is 19.4 Å². The predicted octanol–water partition coefficient (Wildman–Crippen LogP) is 0.656. The first-order valence-electron chi connectivity index (χ1n) is 6.49. The van der Waals surface area contributed by atoms with Crippen LogP contribution in [0.5, 0.6) is 0 Å². The molecule has 20 heavy (non-hydrogen) atoms. The summed E-state index contributed by atoms with van der Waals surface area (Å²) in [5.41, 5.74) is 6.78. The summed E-state index contributed by atoms with van der Waals surface area (Å²) in [6.07, 6.45) is 1.60. The molecule has 1 aliphatic rings. The Morgan fingerprint density at radius 3 is 2.70 bits per heavy atom. The van der Waals surface area contributed by atoms with Crippen LogP contribution in [-0.4, -0.2) is 42.2 Å². The van der Waals surface area contributed by atoms with Gasteiger partial charge in [-0.1, -0.05) is 0 Å². The fraction of sp³-hybridized carbons (Fsp3) is 0.357. The maximum absolute atomic E-state index is 12.1.